The monoisotopic (exact) mass is 485 g/mol. The van der Waals surface area contributed by atoms with Gasteiger partial charge in [-0.25, -0.2) is 0 Å². The van der Waals surface area contributed by atoms with E-state index in [9.17, 15) is 9.59 Å². The number of anilines is 1. The number of halogens is 1. The summed E-state index contributed by atoms with van der Waals surface area (Å²) in [6.07, 6.45) is 3.08. The summed E-state index contributed by atoms with van der Waals surface area (Å²) in [5.41, 5.74) is 1.37. The van der Waals surface area contributed by atoms with Crippen LogP contribution in [0, 0.1) is 0 Å². The molecule has 10 heteroatoms. The van der Waals surface area contributed by atoms with Crippen molar-refractivity contribution in [2.45, 2.75) is 25.2 Å². The van der Waals surface area contributed by atoms with Crippen molar-refractivity contribution in [2.75, 3.05) is 18.2 Å². The van der Waals surface area contributed by atoms with E-state index in [0.717, 1.165) is 5.56 Å². The summed E-state index contributed by atoms with van der Waals surface area (Å²) < 4.78 is 7.11. The van der Waals surface area contributed by atoms with E-state index in [1.807, 2.05) is 41.8 Å². The van der Waals surface area contributed by atoms with Gasteiger partial charge in [0, 0.05) is 17.6 Å². The van der Waals surface area contributed by atoms with E-state index in [1.54, 1.807) is 31.4 Å². The number of rotatable bonds is 10. The summed E-state index contributed by atoms with van der Waals surface area (Å²) in [4.78, 5) is 24.6. The lowest BCUT2D eigenvalue weighted by Crippen LogP contribution is -2.22. The largest absolute Gasteiger partial charge is 0.495 e. The number of methoxy groups -OCH3 is 1. The van der Waals surface area contributed by atoms with Gasteiger partial charge < -0.3 is 19.9 Å². The summed E-state index contributed by atoms with van der Waals surface area (Å²) in [5.74, 6) is 0.892. The fourth-order valence-corrected chi connectivity index (χ4v) is 3.96. The predicted octanol–water partition coefficient (Wildman–Crippen LogP) is 4.02. The topological polar surface area (TPSA) is 98.1 Å². The van der Waals surface area contributed by atoms with Crippen molar-refractivity contribution in [1.29, 1.82) is 0 Å². The SMILES string of the molecule is CCn1c(CNC(=O)C=Cc2ccccc2Cl)nnc1SCC(=O)Nc1ccccc1OC. The van der Waals surface area contributed by atoms with Crippen LogP contribution in [0.3, 0.4) is 0 Å². The van der Waals surface area contributed by atoms with Crippen LogP contribution in [0.4, 0.5) is 5.69 Å². The first-order valence-electron chi connectivity index (χ1n) is 10.2. The minimum atomic E-state index is -0.272. The van der Waals surface area contributed by atoms with Gasteiger partial charge in [0.05, 0.1) is 25.1 Å². The minimum absolute atomic E-state index is 0.156. The van der Waals surface area contributed by atoms with Gasteiger partial charge in [-0.05, 0) is 36.8 Å². The van der Waals surface area contributed by atoms with Crippen LogP contribution in [-0.4, -0.2) is 39.4 Å². The Labute approximate surface area is 201 Å². The maximum atomic E-state index is 12.4. The third kappa shape index (κ3) is 6.84. The summed E-state index contributed by atoms with van der Waals surface area (Å²) in [7, 11) is 1.55. The highest BCUT2D eigenvalue weighted by atomic mass is 35.5. The predicted molar refractivity (Wildman–Crippen MR) is 130 cm³/mol. The van der Waals surface area contributed by atoms with Crippen molar-refractivity contribution in [3.63, 3.8) is 0 Å². The molecular weight excluding hydrogens is 462 g/mol. The van der Waals surface area contributed by atoms with Crippen LogP contribution in [0.1, 0.15) is 18.3 Å². The van der Waals surface area contributed by atoms with Crippen molar-refractivity contribution in [1.82, 2.24) is 20.1 Å². The lowest BCUT2D eigenvalue weighted by Gasteiger charge is -2.10. The molecule has 0 saturated carbocycles. The zero-order valence-electron chi connectivity index (χ0n) is 18.2. The molecule has 0 unspecified atom stereocenters. The maximum Gasteiger partial charge on any atom is 0.244 e. The zero-order chi connectivity index (χ0) is 23.6. The number of carbonyl (C=O) groups excluding carboxylic acids is 2. The molecule has 0 radical (unpaired) electrons. The summed E-state index contributed by atoms with van der Waals surface area (Å²) in [5, 5.41) is 15.1. The third-order valence-electron chi connectivity index (χ3n) is 4.56. The quantitative estimate of drug-likeness (QED) is 0.332. The van der Waals surface area contributed by atoms with Crippen molar-refractivity contribution in [2.24, 2.45) is 0 Å². The molecule has 33 heavy (non-hydrogen) atoms. The fraction of sp³-hybridized carbons (Fsp3) is 0.217. The molecule has 3 aromatic rings. The molecule has 0 aliphatic rings. The number of benzene rings is 2. The minimum Gasteiger partial charge on any atom is -0.495 e. The first kappa shape index (κ1) is 24.3. The van der Waals surface area contributed by atoms with E-state index in [0.29, 0.717) is 34.0 Å². The second-order valence-electron chi connectivity index (χ2n) is 6.75. The standard InChI is InChI=1S/C23H24ClN5O3S/c1-3-29-20(14-25-21(30)13-12-16-8-4-5-9-17(16)24)27-28-23(29)33-15-22(31)26-18-10-6-7-11-19(18)32-2/h4-13H,3,14-15H2,1-2H3,(H,25,30)(H,26,31). The Bertz CT molecular complexity index is 1150. The normalized spacial score (nSPS) is 10.9. The Kier molecular flexibility index (Phi) is 8.91. The van der Waals surface area contributed by atoms with E-state index in [-0.39, 0.29) is 24.1 Å². The van der Waals surface area contributed by atoms with Gasteiger partial charge in [-0.2, -0.15) is 0 Å². The first-order chi connectivity index (χ1) is 16.0. The van der Waals surface area contributed by atoms with Gasteiger partial charge >= 0.3 is 0 Å². The van der Waals surface area contributed by atoms with E-state index in [1.165, 1.54) is 17.8 Å². The second kappa shape index (κ2) is 12.1. The third-order valence-corrected chi connectivity index (χ3v) is 5.87. The van der Waals surface area contributed by atoms with Gasteiger partial charge in [0.2, 0.25) is 11.8 Å². The molecule has 1 heterocycles. The van der Waals surface area contributed by atoms with Gasteiger partial charge in [0.15, 0.2) is 11.0 Å². The summed E-state index contributed by atoms with van der Waals surface area (Å²) in [6, 6.07) is 14.5. The number of amides is 2. The van der Waals surface area contributed by atoms with Crippen molar-refractivity contribution < 1.29 is 14.3 Å². The van der Waals surface area contributed by atoms with Crippen LogP contribution in [-0.2, 0) is 22.7 Å². The summed E-state index contributed by atoms with van der Waals surface area (Å²) >= 11 is 7.37. The van der Waals surface area contributed by atoms with Gasteiger partial charge in [-0.15, -0.1) is 10.2 Å². The molecule has 2 N–H and O–H groups in total. The number of nitrogens with one attached hydrogen (secondary N) is 2. The molecule has 172 valence electrons. The van der Waals surface area contributed by atoms with Crippen LogP contribution < -0.4 is 15.4 Å². The van der Waals surface area contributed by atoms with Gasteiger partial charge in [-0.3, -0.25) is 9.59 Å². The number of aromatic nitrogens is 3. The average molecular weight is 486 g/mol. The number of hydrogen-bond acceptors (Lipinski definition) is 6. The molecule has 0 aliphatic heterocycles. The Morgan fingerprint density at radius 3 is 2.67 bits per heavy atom. The smallest absolute Gasteiger partial charge is 0.244 e. The van der Waals surface area contributed by atoms with Crippen LogP contribution in [0.2, 0.25) is 5.02 Å². The van der Waals surface area contributed by atoms with Gasteiger partial charge in [-0.1, -0.05) is 53.7 Å². The molecule has 0 aliphatic carbocycles. The highest BCUT2D eigenvalue weighted by Gasteiger charge is 2.14. The molecular formula is C23H24ClN5O3S. The molecule has 0 fully saturated rings. The Morgan fingerprint density at radius 1 is 1.15 bits per heavy atom. The number of nitrogens with zero attached hydrogens (tertiary/aromatic N) is 3. The molecule has 0 saturated heterocycles. The number of para-hydroxylation sites is 2. The van der Waals surface area contributed by atoms with E-state index in [4.69, 9.17) is 16.3 Å². The van der Waals surface area contributed by atoms with Crippen LogP contribution in [0.25, 0.3) is 6.08 Å². The number of thioether (sulfide) groups is 1. The number of ether oxygens (including phenoxy) is 1. The Morgan fingerprint density at radius 2 is 1.91 bits per heavy atom. The molecule has 0 atom stereocenters. The molecule has 1 aromatic heterocycles. The number of carbonyl (C=O) groups is 2. The highest BCUT2D eigenvalue weighted by molar-refractivity contribution is 7.99. The van der Waals surface area contributed by atoms with Gasteiger partial charge in [0.1, 0.15) is 5.75 Å². The first-order valence-corrected chi connectivity index (χ1v) is 11.6. The number of hydrogen-bond donors (Lipinski definition) is 2. The molecule has 2 amide bonds. The van der Waals surface area contributed by atoms with Crippen LogP contribution in [0.5, 0.6) is 5.75 Å². The second-order valence-corrected chi connectivity index (χ2v) is 8.10. The lowest BCUT2D eigenvalue weighted by molar-refractivity contribution is -0.116. The molecule has 2 aromatic carbocycles. The molecule has 3 rings (SSSR count). The highest BCUT2D eigenvalue weighted by Crippen LogP contribution is 2.24. The maximum absolute atomic E-state index is 12.4. The van der Waals surface area contributed by atoms with Crippen LogP contribution in [0.15, 0.2) is 59.8 Å². The van der Waals surface area contributed by atoms with E-state index in [2.05, 4.69) is 20.8 Å². The molecule has 0 bridgehead atoms. The molecule has 0 spiro atoms. The zero-order valence-corrected chi connectivity index (χ0v) is 19.8. The van der Waals surface area contributed by atoms with E-state index >= 15 is 0 Å². The lowest BCUT2D eigenvalue weighted by atomic mass is 10.2. The van der Waals surface area contributed by atoms with E-state index < -0.39 is 0 Å². The molecule has 8 nitrogen and oxygen atoms in total. The van der Waals surface area contributed by atoms with Gasteiger partial charge in [0.25, 0.3) is 0 Å². The Balaban J connectivity index is 1.54. The van der Waals surface area contributed by atoms with Crippen molar-refractivity contribution >= 4 is 46.9 Å². The van der Waals surface area contributed by atoms with Crippen LogP contribution >= 0.6 is 23.4 Å². The summed E-state index contributed by atoms with van der Waals surface area (Å²) in [6.45, 7) is 2.76. The average Bonchev–Trinajstić information content (AvgIpc) is 3.23. The van der Waals surface area contributed by atoms with Crippen molar-refractivity contribution in [3.05, 3.63) is 71.0 Å². The fourth-order valence-electron chi connectivity index (χ4n) is 2.94. The van der Waals surface area contributed by atoms with Crippen molar-refractivity contribution in [3.8, 4) is 5.75 Å². The Hall–Kier alpha value is -3.30.